The summed E-state index contributed by atoms with van der Waals surface area (Å²) >= 11 is 0. The van der Waals surface area contributed by atoms with Gasteiger partial charge in [0.1, 0.15) is 0 Å². The standard InChI is InChI=1S/C18H15N3O5/c22-16-10-13(18(24)20-16)9-11-1-5-14(6-2-11)19-17(23)12-3-7-15(8-4-12)21(25)26/h1-8,13H,9-10H2,(H,19,23)(H,20,22,24). The smallest absolute Gasteiger partial charge is 0.269 e. The van der Waals surface area contributed by atoms with Gasteiger partial charge in [0, 0.05) is 29.8 Å². The fraction of sp³-hybridized carbons (Fsp3) is 0.167. The predicted octanol–water partition coefficient (Wildman–Crippen LogP) is 2.05. The molecule has 1 aliphatic heterocycles. The van der Waals surface area contributed by atoms with Gasteiger partial charge in [0.05, 0.1) is 10.8 Å². The Morgan fingerprint density at radius 3 is 2.31 bits per heavy atom. The number of benzene rings is 2. The minimum absolute atomic E-state index is 0.0830. The van der Waals surface area contributed by atoms with Crippen molar-refractivity contribution in [2.45, 2.75) is 12.8 Å². The molecule has 0 aromatic heterocycles. The summed E-state index contributed by atoms with van der Waals surface area (Å²) in [5, 5.41) is 15.6. The van der Waals surface area contributed by atoms with E-state index in [0.29, 0.717) is 17.7 Å². The van der Waals surface area contributed by atoms with E-state index in [2.05, 4.69) is 10.6 Å². The zero-order chi connectivity index (χ0) is 18.7. The first-order valence-corrected chi connectivity index (χ1v) is 7.91. The Bertz CT molecular complexity index is 875. The van der Waals surface area contributed by atoms with E-state index in [1.807, 2.05) is 0 Å². The van der Waals surface area contributed by atoms with Crippen LogP contribution in [0.4, 0.5) is 11.4 Å². The monoisotopic (exact) mass is 353 g/mol. The van der Waals surface area contributed by atoms with E-state index in [9.17, 15) is 24.5 Å². The molecule has 8 heteroatoms. The lowest BCUT2D eigenvalue weighted by Crippen LogP contribution is -2.22. The van der Waals surface area contributed by atoms with Crippen LogP contribution in [-0.2, 0) is 16.0 Å². The maximum atomic E-state index is 12.2. The Hall–Kier alpha value is -3.55. The summed E-state index contributed by atoms with van der Waals surface area (Å²) in [4.78, 5) is 45.1. The van der Waals surface area contributed by atoms with Gasteiger partial charge in [-0.05, 0) is 36.2 Å². The number of amides is 3. The second kappa shape index (κ2) is 7.14. The summed E-state index contributed by atoms with van der Waals surface area (Å²) in [7, 11) is 0. The fourth-order valence-electron chi connectivity index (χ4n) is 2.72. The summed E-state index contributed by atoms with van der Waals surface area (Å²) in [5.74, 6) is -1.26. The van der Waals surface area contributed by atoms with Crippen molar-refractivity contribution >= 4 is 29.1 Å². The van der Waals surface area contributed by atoms with Gasteiger partial charge in [-0.3, -0.25) is 29.8 Å². The molecular formula is C18H15N3O5. The van der Waals surface area contributed by atoms with Crippen molar-refractivity contribution in [2.24, 2.45) is 5.92 Å². The second-order valence-corrected chi connectivity index (χ2v) is 5.97. The number of hydrogen-bond donors (Lipinski definition) is 2. The van der Waals surface area contributed by atoms with Crippen molar-refractivity contribution in [1.82, 2.24) is 5.32 Å². The molecule has 0 radical (unpaired) electrons. The molecule has 2 N–H and O–H groups in total. The molecule has 0 spiro atoms. The highest BCUT2D eigenvalue weighted by Gasteiger charge is 2.30. The predicted molar refractivity (Wildman–Crippen MR) is 92.5 cm³/mol. The number of hydrogen-bond acceptors (Lipinski definition) is 5. The van der Waals surface area contributed by atoms with E-state index < -0.39 is 4.92 Å². The highest BCUT2D eigenvalue weighted by Crippen LogP contribution is 2.19. The van der Waals surface area contributed by atoms with Crippen LogP contribution in [-0.4, -0.2) is 22.6 Å². The van der Waals surface area contributed by atoms with E-state index in [4.69, 9.17) is 0 Å². The van der Waals surface area contributed by atoms with Crippen molar-refractivity contribution in [1.29, 1.82) is 0 Å². The third-order valence-corrected chi connectivity index (χ3v) is 4.10. The van der Waals surface area contributed by atoms with Crippen LogP contribution in [0.25, 0.3) is 0 Å². The van der Waals surface area contributed by atoms with Gasteiger partial charge in [0.25, 0.3) is 11.6 Å². The van der Waals surface area contributed by atoms with Crippen molar-refractivity contribution in [3.63, 3.8) is 0 Å². The van der Waals surface area contributed by atoms with E-state index in [0.717, 1.165) is 5.56 Å². The number of non-ortho nitro benzene ring substituents is 1. The minimum Gasteiger partial charge on any atom is -0.322 e. The maximum absolute atomic E-state index is 12.2. The van der Waals surface area contributed by atoms with Crippen LogP contribution in [0, 0.1) is 16.0 Å². The molecule has 1 saturated heterocycles. The molecule has 2 aromatic rings. The second-order valence-electron chi connectivity index (χ2n) is 5.97. The van der Waals surface area contributed by atoms with Crippen LogP contribution in [0.3, 0.4) is 0 Å². The van der Waals surface area contributed by atoms with Crippen molar-refractivity contribution in [3.05, 3.63) is 69.8 Å². The number of imide groups is 1. The molecule has 26 heavy (non-hydrogen) atoms. The molecule has 8 nitrogen and oxygen atoms in total. The lowest BCUT2D eigenvalue weighted by molar-refractivity contribution is -0.384. The Morgan fingerprint density at radius 1 is 1.12 bits per heavy atom. The number of nitrogens with zero attached hydrogens (tertiary/aromatic N) is 1. The number of nitro groups is 1. The zero-order valence-electron chi connectivity index (χ0n) is 13.6. The number of carbonyl (C=O) groups excluding carboxylic acids is 3. The Kier molecular flexibility index (Phi) is 4.74. The molecule has 0 saturated carbocycles. The van der Waals surface area contributed by atoms with E-state index >= 15 is 0 Å². The molecule has 0 bridgehead atoms. The van der Waals surface area contributed by atoms with Gasteiger partial charge in [-0.1, -0.05) is 12.1 Å². The largest absolute Gasteiger partial charge is 0.322 e. The van der Waals surface area contributed by atoms with Gasteiger partial charge < -0.3 is 5.32 Å². The van der Waals surface area contributed by atoms with Crippen molar-refractivity contribution < 1.29 is 19.3 Å². The summed E-state index contributed by atoms with van der Waals surface area (Å²) in [5.41, 5.74) is 1.67. The Labute approximate surface area is 148 Å². The van der Waals surface area contributed by atoms with E-state index in [1.165, 1.54) is 24.3 Å². The molecule has 1 heterocycles. The van der Waals surface area contributed by atoms with E-state index in [1.54, 1.807) is 24.3 Å². The molecule has 0 aliphatic carbocycles. The molecule has 3 amide bonds. The van der Waals surface area contributed by atoms with Crippen LogP contribution >= 0.6 is 0 Å². The Balaban J connectivity index is 1.61. The minimum atomic E-state index is -0.529. The first-order chi connectivity index (χ1) is 12.4. The van der Waals surface area contributed by atoms with Crippen LogP contribution in [0.1, 0.15) is 22.3 Å². The van der Waals surface area contributed by atoms with Crippen LogP contribution in [0.5, 0.6) is 0 Å². The number of nitro benzene ring substituents is 1. The van der Waals surface area contributed by atoms with Gasteiger partial charge in [-0.2, -0.15) is 0 Å². The molecule has 1 fully saturated rings. The molecule has 2 aromatic carbocycles. The summed E-state index contributed by atoms with van der Waals surface area (Å²) in [6, 6.07) is 12.3. The number of nitrogens with one attached hydrogen (secondary N) is 2. The molecule has 132 valence electrons. The van der Waals surface area contributed by atoms with Crippen LogP contribution in [0.2, 0.25) is 0 Å². The van der Waals surface area contributed by atoms with Gasteiger partial charge in [-0.15, -0.1) is 0 Å². The molecule has 1 aliphatic rings. The average Bonchev–Trinajstić information content (AvgIpc) is 2.94. The van der Waals surface area contributed by atoms with Gasteiger partial charge in [-0.25, -0.2) is 0 Å². The van der Waals surface area contributed by atoms with Crippen LogP contribution < -0.4 is 10.6 Å². The van der Waals surface area contributed by atoms with Crippen molar-refractivity contribution in [2.75, 3.05) is 5.32 Å². The zero-order valence-corrected chi connectivity index (χ0v) is 13.6. The number of anilines is 1. The normalized spacial score (nSPS) is 16.2. The highest BCUT2D eigenvalue weighted by atomic mass is 16.6. The maximum Gasteiger partial charge on any atom is 0.269 e. The summed E-state index contributed by atoms with van der Waals surface area (Å²) in [6.07, 6.45) is 0.644. The Morgan fingerprint density at radius 2 is 1.77 bits per heavy atom. The SMILES string of the molecule is O=C1CC(Cc2ccc(NC(=O)c3ccc([N+](=O)[O-])cc3)cc2)C(=O)N1. The van der Waals surface area contributed by atoms with E-state index in [-0.39, 0.29) is 35.7 Å². The molecular weight excluding hydrogens is 338 g/mol. The van der Waals surface area contributed by atoms with Crippen molar-refractivity contribution in [3.8, 4) is 0 Å². The quantitative estimate of drug-likeness (QED) is 0.484. The first kappa shape index (κ1) is 17.3. The number of rotatable bonds is 5. The summed E-state index contributed by atoms with van der Waals surface area (Å²) in [6.45, 7) is 0. The molecule has 1 unspecified atom stereocenters. The molecule has 1 atom stereocenters. The van der Waals surface area contributed by atoms with Gasteiger partial charge in [0.15, 0.2) is 0 Å². The van der Waals surface area contributed by atoms with Gasteiger partial charge >= 0.3 is 0 Å². The fourth-order valence-corrected chi connectivity index (χ4v) is 2.72. The topological polar surface area (TPSA) is 118 Å². The molecule has 3 rings (SSSR count). The third-order valence-electron chi connectivity index (χ3n) is 4.10. The third kappa shape index (κ3) is 3.92. The lowest BCUT2D eigenvalue weighted by atomic mass is 9.98. The highest BCUT2D eigenvalue weighted by molar-refractivity contribution is 6.04. The number of carbonyl (C=O) groups is 3. The van der Waals surface area contributed by atoms with Crippen LogP contribution in [0.15, 0.2) is 48.5 Å². The lowest BCUT2D eigenvalue weighted by Gasteiger charge is -2.08. The first-order valence-electron chi connectivity index (χ1n) is 7.91. The summed E-state index contributed by atoms with van der Waals surface area (Å²) < 4.78 is 0. The van der Waals surface area contributed by atoms with Gasteiger partial charge in [0.2, 0.25) is 11.8 Å². The average molecular weight is 353 g/mol.